The van der Waals surface area contributed by atoms with Gasteiger partial charge in [-0.15, -0.1) is 0 Å². The van der Waals surface area contributed by atoms with E-state index in [1.807, 2.05) is 20.8 Å². The van der Waals surface area contributed by atoms with Crippen molar-refractivity contribution < 1.29 is 44.3 Å². The average Bonchev–Trinajstić information content (AvgIpc) is 3.28. The summed E-state index contributed by atoms with van der Waals surface area (Å²) in [4.78, 5) is 16.5. The predicted molar refractivity (Wildman–Crippen MR) is 139 cm³/mol. The van der Waals surface area contributed by atoms with E-state index in [4.69, 9.17) is 4.74 Å². The molecule has 0 fully saturated rings. The Morgan fingerprint density at radius 1 is 0.952 bits per heavy atom. The minimum atomic E-state index is -4.96. The van der Waals surface area contributed by atoms with Crippen molar-refractivity contribution in [2.75, 3.05) is 11.9 Å². The molecule has 0 aliphatic rings. The van der Waals surface area contributed by atoms with Crippen molar-refractivity contribution in [3.63, 3.8) is 0 Å². The van der Waals surface area contributed by atoms with Crippen molar-refractivity contribution in [3.8, 4) is 17.0 Å². The second-order valence-corrected chi connectivity index (χ2v) is 12.0. The Bertz CT molecular complexity index is 1730. The summed E-state index contributed by atoms with van der Waals surface area (Å²) in [5.41, 5.74) is -3.62. The molecule has 2 aromatic heterocycles. The molecule has 0 aliphatic carbocycles. The monoisotopic (exact) mass is 615 g/mol. The molecular weight excluding hydrogens is 592 g/mol. The standard InChI is InChI=1S/C26H23F6N5O4S/c1-24(2,3)14-34-42(39,40)18-6-4-5-17(11-18)35-23(38)41-20-13-33-37-21(26(30,31)32)12-19(36-22(20)37)15-7-9-16(10-8-15)25(27,28)29/h4-13,34H,14H2,1-3H3,(H,35,38). The molecule has 224 valence electrons. The lowest BCUT2D eigenvalue weighted by Crippen LogP contribution is -2.32. The fraction of sp³-hybridized carbons (Fsp3) is 0.269. The Hall–Kier alpha value is -4.18. The van der Waals surface area contributed by atoms with Crippen LogP contribution < -0.4 is 14.8 Å². The summed E-state index contributed by atoms with van der Waals surface area (Å²) in [6.07, 6.45) is -10.00. The van der Waals surface area contributed by atoms with E-state index >= 15 is 0 Å². The fourth-order valence-electron chi connectivity index (χ4n) is 3.57. The summed E-state index contributed by atoms with van der Waals surface area (Å²) < 4.78 is 114. The molecule has 0 atom stereocenters. The second-order valence-electron chi connectivity index (χ2n) is 10.3. The summed E-state index contributed by atoms with van der Waals surface area (Å²) >= 11 is 0. The zero-order chi connectivity index (χ0) is 31.1. The van der Waals surface area contributed by atoms with E-state index in [9.17, 15) is 39.6 Å². The zero-order valence-electron chi connectivity index (χ0n) is 22.1. The van der Waals surface area contributed by atoms with E-state index in [0.29, 0.717) is 22.7 Å². The number of amides is 1. The SMILES string of the molecule is CC(C)(C)CNS(=O)(=O)c1cccc(NC(=O)Oc2cnn3c(C(F)(F)F)cc(-c4ccc(C(F)(F)F)cc4)nc23)c1. The number of nitrogens with zero attached hydrogens (tertiary/aromatic N) is 3. The molecule has 4 rings (SSSR count). The van der Waals surface area contributed by atoms with Crippen LogP contribution in [0.25, 0.3) is 16.9 Å². The van der Waals surface area contributed by atoms with Gasteiger partial charge in [0.15, 0.2) is 17.1 Å². The van der Waals surface area contributed by atoms with Crippen molar-refractivity contribution in [3.05, 3.63) is 72.1 Å². The lowest BCUT2D eigenvalue weighted by molar-refractivity contribution is -0.142. The number of hydrogen-bond acceptors (Lipinski definition) is 6. The Kier molecular flexibility index (Phi) is 7.99. The summed E-state index contributed by atoms with van der Waals surface area (Å²) in [6.45, 7) is 5.65. The van der Waals surface area contributed by atoms with Gasteiger partial charge in [0.1, 0.15) is 0 Å². The number of halogens is 6. The Morgan fingerprint density at radius 3 is 2.21 bits per heavy atom. The first-order chi connectivity index (χ1) is 19.3. The molecule has 9 nitrogen and oxygen atoms in total. The molecule has 2 N–H and O–H groups in total. The Morgan fingerprint density at radius 2 is 1.62 bits per heavy atom. The van der Waals surface area contributed by atoms with Crippen LogP contribution >= 0.6 is 0 Å². The maximum Gasteiger partial charge on any atom is 0.433 e. The van der Waals surface area contributed by atoms with Crippen LogP contribution in [0.2, 0.25) is 0 Å². The van der Waals surface area contributed by atoms with Gasteiger partial charge in [0.25, 0.3) is 0 Å². The molecule has 0 radical (unpaired) electrons. The molecule has 0 bridgehead atoms. The molecule has 0 spiro atoms. The number of carbonyl (C=O) groups is 1. The van der Waals surface area contributed by atoms with Crippen molar-refractivity contribution in [2.45, 2.75) is 38.0 Å². The summed E-state index contributed by atoms with van der Waals surface area (Å²) in [5.74, 6) is -0.498. The summed E-state index contributed by atoms with van der Waals surface area (Å²) in [5, 5.41) is 5.90. The van der Waals surface area contributed by atoms with Gasteiger partial charge < -0.3 is 4.74 Å². The van der Waals surface area contributed by atoms with Crippen LogP contribution in [0.3, 0.4) is 0 Å². The van der Waals surface area contributed by atoms with E-state index < -0.39 is 51.1 Å². The third kappa shape index (κ3) is 7.17. The van der Waals surface area contributed by atoms with E-state index in [1.165, 1.54) is 18.2 Å². The van der Waals surface area contributed by atoms with Crippen LogP contribution in [0.5, 0.6) is 5.75 Å². The average molecular weight is 616 g/mol. The van der Waals surface area contributed by atoms with E-state index in [2.05, 4.69) is 20.1 Å². The normalized spacial score (nSPS) is 12.9. The molecule has 0 saturated carbocycles. The molecule has 0 saturated heterocycles. The van der Waals surface area contributed by atoms with Gasteiger partial charge in [0, 0.05) is 17.8 Å². The highest BCUT2D eigenvalue weighted by Crippen LogP contribution is 2.35. The molecule has 2 aromatic carbocycles. The topological polar surface area (TPSA) is 115 Å². The maximum atomic E-state index is 13.8. The first-order valence-electron chi connectivity index (χ1n) is 12.1. The highest BCUT2D eigenvalue weighted by molar-refractivity contribution is 7.89. The quantitative estimate of drug-likeness (QED) is 0.244. The maximum absolute atomic E-state index is 13.8. The summed E-state index contributed by atoms with van der Waals surface area (Å²) in [7, 11) is -3.93. The van der Waals surface area contributed by atoms with Gasteiger partial charge in [-0.2, -0.15) is 31.4 Å². The van der Waals surface area contributed by atoms with Crippen molar-refractivity contribution >= 4 is 27.5 Å². The zero-order valence-corrected chi connectivity index (χ0v) is 22.9. The second kappa shape index (κ2) is 10.9. The fourth-order valence-corrected chi connectivity index (χ4v) is 4.90. The Balaban J connectivity index is 1.62. The lowest BCUT2D eigenvalue weighted by atomic mass is 9.98. The largest absolute Gasteiger partial charge is 0.433 e. The Labute approximate surface area is 235 Å². The molecule has 2 heterocycles. The predicted octanol–water partition coefficient (Wildman–Crippen LogP) is 6.37. The minimum Gasteiger partial charge on any atom is -0.404 e. The van der Waals surface area contributed by atoms with Crippen LogP contribution in [0.4, 0.5) is 36.8 Å². The van der Waals surface area contributed by atoms with Gasteiger partial charge in [0.2, 0.25) is 10.0 Å². The van der Waals surface area contributed by atoms with Crippen LogP contribution in [0, 0.1) is 5.41 Å². The molecule has 16 heteroatoms. The first-order valence-corrected chi connectivity index (χ1v) is 13.5. The number of rotatable bonds is 6. The van der Waals surface area contributed by atoms with E-state index in [-0.39, 0.29) is 33.8 Å². The highest BCUT2D eigenvalue weighted by Gasteiger charge is 2.36. The molecule has 4 aromatic rings. The number of hydrogen-bond donors (Lipinski definition) is 2. The number of aromatic nitrogens is 3. The van der Waals surface area contributed by atoms with Gasteiger partial charge in [-0.05, 0) is 41.8 Å². The third-order valence-corrected chi connectivity index (χ3v) is 7.02. The van der Waals surface area contributed by atoms with Crippen LogP contribution in [0.1, 0.15) is 32.0 Å². The first kappa shape index (κ1) is 30.8. The minimum absolute atomic E-state index is 0.00416. The van der Waals surface area contributed by atoms with Crippen molar-refractivity contribution in [2.24, 2.45) is 5.41 Å². The number of alkyl halides is 6. The van der Waals surface area contributed by atoms with Crippen LogP contribution in [0.15, 0.2) is 65.7 Å². The van der Waals surface area contributed by atoms with E-state index in [1.54, 1.807) is 0 Å². The third-order valence-electron chi connectivity index (χ3n) is 5.62. The molecule has 0 unspecified atom stereocenters. The molecule has 42 heavy (non-hydrogen) atoms. The molecular formula is C26H23F6N5O4S. The van der Waals surface area contributed by atoms with Crippen molar-refractivity contribution in [1.29, 1.82) is 0 Å². The van der Waals surface area contributed by atoms with E-state index in [0.717, 1.165) is 24.4 Å². The molecule has 1 amide bonds. The van der Waals surface area contributed by atoms with Crippen LogP contribution in [-0.4, -0.2) is 35.7 Å². The number of sulfonamides is 1. The van der Waals surface area contributed by atoms with Gasteiger partial charge in [-0.25, -0.2) is 27.4 Å². The van der Waals surface area contributed by atoms with Gasteiger partial charge >= 0.3 is 18.4 Å². The number of benzene rings is 2. The van der Waals surface area contributed by atoms with Crippen molar-refractivity contribution in [1.82, 2.24) is 19.3 Å². The lowest BCUT2D eigenvalue weighted by Gasteiger charge is -2.19. The highest BCUT2D eigenvalue weighted by atomic mass is 32.2. The number of anilines is 1. The van der Waals surface area contributed by atoms with Crippen LogP contribution in [-0.2, 0) is 22.4 Å². The number of fused-ring (bicyclic) bond motifs is 1. The van der Waals surface area contributed by atoms with Gasteiger partial charge in [-0.3, -0.25) is 5.32 Å². The molecule has 0 aliphatic heterocycles. The number of nitrogens with one attached hydrogen (secondary N) is 2. The smallest absolute Gasteiger partial charge is 0.404 e. The van der Waals surface area contributed by atoms with Gasteiger partial charge in [-0.1, -0.05) is 39.0 Å². The summed E-state index contributed by atoms with van der Waals surface area (Å²) in [6, 6.07) is 9.11. The number of carbonyl (C=O) groups excluding carboxylic acids is 1. The number of ether oxygens (including phenoxy) is 1. The van der Waals surface area contributed by atoms with Gasteiger partial charge in [0.05, 0.1) is 22.3 Å².